The zero-order chi connectivity index (χ0) is 12.4. The third kappa shape index (κ3) is 2.26. The van der Waals surface area contributed by atoms with Gasteiger partial charge in [0.25, 0.3) is 0 Å². The van der Waals surface area contributed by atoms with Crippen LogP contribution in [0.15, 0.2) is 18.5 Å². The normalized spacial score (nSPS) is 19.9. The summed E-state index contributed by atoms with van der Waals surface area (Å²) < 4.78 is 0. The molecule has 0 bridgehead atoms. The van der Waals surface area contributed by atoms with Gasteiger partial charge >= 0.3 is 0 Å². The van der Waals surface area contributed by atoms with Crippen LogP contribution in [-0.4, -0.2) is 33.3 Å². The molecule has 2 N–H and O–H groups in total. The Balaban J connectivity index is 1.80. The summed E-state index contributed by atoms with van der Waals surface area (Å²) in [7, 11) is 0. The molecule has 2 aromatic heterocycles. The van der Waals surface area contributed by atoms with E-state index in [9.17, 15) is 0 Å². The number of hydrogen-bond donors (Lipinski definition) is 2. The Morgan fingerprint density at radius 2 is 2.17 bits per heavy atom. The van der Waals surface area contributed by atoms with Crippen molar-refractivity contribution in [3.63, 3.8) is 0 Å². The van der Waals surface area contributed by atoms with Crippen LogP contribution >= 0.6 is 0 Å². The monoisotopic (exact) mass is 243 g/mol. The second-order valence-electron chi connectivity index (χ2n) is 4.81. The smallest absolute Gasteiger partial charge is 0.112 e. The van der Waals surface area contributed by atoms with Crippen LogP contribution in [0.2, 0.25) is 0 Å². The molecule has 1 atom stereocenters. The van der Waals surface area contributed by atoms with Crippen molar-refractivity contribution in [2.75, 3.05) is 13.1 Å². The van der Waals surface area contributed by atoms with E-state index in [1.54, 1.807) is 0 Å². The third-order valence-corrected chi connectivity index (χ3v) is 3.36. The molecule has 18 heavy (non-hydrogen) atoms. The maximum Gasteiger partial charge on any atom is 0.112 e. The van der Waals surface area contributed by atoms with Crippen molar-refractivity contribution >= 4 is 0 Å². The van der Waals surface area contributed by atoms with Crippen LogP contribution < -0.4 is 5.32 Å². The van der Waals surface area contributed by atoms with E-state index in [2.05, 4.69) is 25.5 Å². The molecule has 2 aromatic rings. The number of piperidine rings is 1. The van der Waals surface area contributed by atoms with Crippen LogP contribution in [-0.2, 0) is 0 Å². The molecule has 1 aliphatic rings. The fraction of sp³-hybridized carbons (Fsp3) is 0.462. The summed E-state index contributed by atoms with van der Waals surface area (Å²) in [5.41, 5.74) is 3.80. The highest BCUT2D eigenvalue weighted by Crippen LogP contribution is 2.22. The Hall–Kier alpha value is -1.75. The molecule has 0 saturated carbocycles. The van der Waals surface area contributed by atoms with Gasteiger partial charge in [-0.3, -0.25) is 15.1 Å². The number of aromatic amines is 1. The van der Waals surface area contributed by atoms with Gasteiger partial charge in [-0.25, -0.2) is 0 Å². The Labute approximate surface area is 106 Å². The second kappa shape index (κ2) is 4.86. The number of hydrogen-bond acceptors (Lipinski definition) is 4. The van der Waals surface area contributed by atoms with Crippen molar-refractivity contribution in [3.05, 3.63) is 29.8 Å². The lowest BCUT2D eigenvalue weighted by molar-refractivity contribution is 0.454. The van der Waals surface area contributed by atoms with Crippen molar-refractivity contribution in [1.82, 2.24) is 25.5 Å². The van der Waals surface area contributed by atoms with Gasteiger partial charge in [-0.05, 0) is 32.4 Å². The third-order valence-electron chi connectivity index (χ3n) is 3.36. The minimum Gasteiger partial charge on any atom is -0.316 e. The topological polar surface area (TPSA) is 66.5 Å². The van der Waals surface area contributed by atoms with E-state index in [0.717, 1.165) is 35.9 Å². The zero-order valence-corrected chi connectivity index (χ0v) is 10.5. The number of H-pyrrole nitrogens is 1. The molecule has 3 heterocycles. The lowest BCUT2D eigenvalue weighted by Gasteiger charge is -2.21. The molecular weight excluding hydrogens is 226 g/mol. The molecule has 0 amide bonds. The molecule has 1 unspecified atom stereocenters. The van der Waals surface area contributed by atoms with Gasteiger partial charge in [-0.2, -0.15) is 5.10 Å². The first-order valence-corrected chi connectivity index (χ1v) is 6.38. The molecule has 1 aliphatic heterocycles. The summed E-state index contributed by atoms with van der Waals surface area (Å²) in [6.45, 7) is 4.11. The maximum absolute atomic E-state index is 4.53. The first-order valence-electron chi connectivity index (χ1n) is 6.38. The van der Waals surface area contributed by atoms with Gasteiger partial charge in [0.1, 0.15) is 11.4 Å². The van der Waals surface area contributed by atoms with E-state index in [0.29, 0.717) is 5.92 Å². The predicted octanol–water partition coefficient (Wildman–Crippen LogP) is 1.64. The first-order chi connectivity index (χ1) is 8.83. The van der Waals surface area contributed by atoms with Crippen LogP contribution in [0.25, 0.3) is 11.4 Å². The van der Waals surface area contributed by atoms with Crippen molar-refractivity contribution in [2.45, 2.75) is 25.7 Å². The Kier molecular flexibility index (Phi) is 3.06. The number of nitrogens with zero attached hydrogens (tertiary/aromatic N) is 3. The van der Waals surface area contributed by atoms with Crippen molar-refractivity contribution in [2.24, 2.45) is 0 Å². The van der Waals surface area contributed by atoms with E-state index in [1.807, 2.05) is 25.4 Å². The highest BCUT2D eigenvalue weighted by atomic mass is 15.1. The van der Waals surface area contributed by atoms with Crippen LogP contribution in [0.4, 0.5) is 0 Å². The van der Waals surface area contributed by atoms with Crippen molar-refractivity contribution in [3.8, 4) is 11.4 Å². The number of aryl methyl sites for hydroxylation is 1. The number of rotatable bonds is 2. The minimum atomic E-state index is 0.501. The zero-order valence-electron chi connectivity index (χ0n) is 10.5. The Bertz CT molecular complexity index is 510. The van der Waals surface area contributed by atoms with E-state index in [1.165, 1.54) is 12.8 Å². The van der Waals surface area contributed by atoms with E-state index >= 15 is 0 Å². The fourth-order valence-corrected chi connectivity index (χ4v) is 2.33. The lowest BCUT2D eigenvalue weighted by Crippen LogP contribution is -2.28. The second-order valence-corrected chi connectivity index (χ2v) is 4.81. The molecule has 0 spiro atoms. The van der Waals surface area contributed by atoms with Crippen molar-refractivity contribution < 1.29 is 0 Å². The lowest BCUT2D eigenvalue weighted by atomic mass is 9.96. The maximum atomic E-state index is 4.53. The quantitative estimate of drug-likeness (QED) is 0.841. The molecule has 94 valence electrons. The molecule has 0 aromatic carbocycles. The largest absolute Gasteiger partial charge is 0.316 e. The Morgan fingerprint density at radius 1 is 1.22 bits per heavy atom. The Morgan fingerprint density at radius 3 is 2.78 bits per heavy atom. The van der Waals surface area contributed by atoms with Crippen LogP contribution in [0.3, 0.4) is 0 Å². The SMILES string of the molecule is Cc1cc(-c2cnc(C3CCCNC3)cn2)n[nH]1. The van der Waals surface area contributed by atoms with Gasteiger partial charge in [0.05, 0.1) is 11.9 Å². The summed E-state index contributed by atoms with van der Waals surface area (Å²) in [5, 5.41) is 10.5. The van der Waals surface area contributed by atoms with E-state index in [-0.39, 0.29) is 0 Å². The molecule has 5 heteroatoms. The van der Waals surface area contributed by atoms with Gasteiger partial charge < -0.3 is 5.32 Å². The molecule has 1 fully saturated rings. The highest BCUT2D eigenvalue weighted by molar-refractivity contribution is 5.52. The van der Waals surface area contributed by atoms with Gasteiger partial charge in [-0.15, -0.1) is 0 Å². The highest BCUT2D eigenvalue weighted by Gasteiger charge is 2.16. The predicted molar refractivity (Wildman–Crippen MR) is 69.2 cm³/mol. The number of aromatic nitrogens is 4. The molecule has 3 rings (SSSR count). The summed E-state index contributed by atoms with van der Waals surface area (Å²) in [6, 6.07) is 1.98. The van der Waals surface area contributed by atoms with Gasteiger partial charge in [0.15, 0.2) is 0 Å². The molecule has 0 aliphatic carbocycles. The molecule has 5 nitrogen and oxygen atoms in total. The molecule has 0 radical (unpaired) electrons. The van der Waals surface area contributed by atoms with Gasteiger partial charge in [-0.1, -0.05) is 0 Å². The van der Waals surface area contributed by atoms with Crippen LogP contribution in [0, 0.1) is 6.92 Å². The number of nitrogens with one attached hydrogen (secondary N) is 2. The van der Waals surface area contributed by atoms with Crippen LogP contribution in [0.5, 0.6) is 0 Å². The first kappa shape index (κ1) is 11.3. The average molecular weight is 243 g/mol. The van der Waals surface area contributed by atoms with Gasteiger partial charge in [0, 0.05) is 24.4 Å². The van der Waals surface area contributed by atoms with Crippen molar-refractivity contribution in [1.29, 1.82) is 0 Å². The summed E-state index contributed by atoms with van der Waals surface area (Å²) >= 11 is 0. The van der Waals surface area contributed by atoms with Crippen LogP contribution in [0.1, 0.15) is 30.1 Å². The summed E-state index contributed by atoms with van der Waals surface area (Å²) in [6.07, 6.45) is 6.12. The summed E-state index contributed by atoms with van der Waals surface area (Å²) in [4.78, 5) is 9.00. The standard InChI is InChI=1S/C13H17N5/c1-9-5-11(18-17-9)13-8-15-12(7-16-13)10-3-2-4-14-6-10/h5,7-8,10,14H,2-4,6H2,1H3,(H,17,18). The van der Waals surface area contributed by atoms with E-state index in [4.69, 9.17) is 0 Å². The van der Waals surface area contributed by atoms with Gasteiger partial charge in [0.2, 0.25) is 0 Å². The fourth-order valence-electron chi connectivity index (χ4n) is 2.33. The molecule has 1 saturated heterocycles. The molecular formula is C13H17N5. The van der Waals surface area contributed by atoms with E-state index < -0.39 is 0 Å². The minimum absolute atomic E-state index is 0.501. The average Bonchev–Trinajstić information content (AvgIpc) is 2.87. The summed E-state index contributed by atoms with van der Waals surface area (Å²) in [5.74, 6) is 0.501.